The fourth-order valence-corrected chi connectivity index (χ4v) is 4.27. The largest absolute Gasteiger partial charge is 0.481 e. The summed E-state index contributed by atoms with van der Waals surface area (Å²) in [6.45, 7) is 4.21. The molecule has 1 saturated heterocycles. The maximum Gasteiger partial charge on any atom is 0.330 e. The van der Waals surface area contributed by atoms with Gasteiger partial charge < -0.3 is 24.6 Å². The summed E-state index contributed by atoms with van der Waals surface area (Å²) < 4.78 is 7.98. The molecule has 10 heteroatoms. The van der Waals surface area contributed by atoms with Crippen LogP contribution in [0, 0.1) is 5.92 Å². The Balaban J connectivity index is 2.32. The van der Waals surface area contributed by atoms with Crippen molar-refractivity contribution in [2.75, 3.05) is 19.5 Å². The normalized spacial score (nSPS) is 25.9. The molecule has 0 aliphatic carbocycles. The quantitative estimate of drug-likeness (QED) is 0.492. The molecule has 1 aromatic rings. The summed E-state index contributed by atoms with van der Waals surface area (Å²) in [4.78, 5) is 36.3. The van der Waals surface area contributed by atoms with Gasteiger partial charge in [-0.1, -0.05) is 6.92 Å². The number of aromatic nitrogens is 2. The number of hydrogen-bond acceptors (Lipinski definition) is 6. The summed E-state index contributed by atoms with van der Waals surface area (Å²) in [5, 5.41) is 29.9. The molecule has 1 aliphatic heterocycles. The van der Waals surface area contributed by atoms with E-state index in [2.05, 4.69) is 19.6 Å². The minimum atomic E-state index is -1.35. The van der Waals surface area contributed by atoms with Crippen molar-refractivity contribution in [3.8, 4) is 0 Å². The fourth-order valence-electron chi connectivity index (χ4n) is 3.31. The van der Waals surface area contributed by atoms with Crippen LogP contribution in [0.15, 0.2) is 15.8 Å². The summed E-state index contributed by atoms with van der Waals surface area (Å²) in [6, 6.07) is 0. The fraction of sp³-hybridized carbons (Fsp3) is 0.684. The van der Waals surface area contributed by atoms with Crippen LogP contribution in [0.4, 0.5) is 0 Å². The van der Waals surface area contributed by atoms with E-state index in [1.54, 1.807) is 0 Å². The van der Waals surface area contributed by atoms with Gasteiger partial charge in [0.1, 0.15) is 18.3 Å². The molecule has 1 fully saturated rings. The number of carbonyl (C=O) groups is 1. The Morgan fingerprint density at radius 2 is 1.93 bits per heavy atom. The Kier molecular flexibility index (Phi) is 7.32. The van der Waals surface area contributed by atoms with Crippen LogP contribution in [0.2, 0.25) is 0 Å². The van der Waals surface area contributed by atoms with Gasteiger partial charge >= 0.3 is 11.7 Å². The first-order valence-electron chi connectivity index (χ1n) is 9.55. The van der Waals surface area contributed by atoms with E-state index in [9.17, 15) is 24.6 Å². The molecule has 2 rings (SSSR count). The van der Waals surface area contributed by atoms with Gasteiger partial charge in [0.05, 0.1) is 17.6 Å². The molecule has 0 amide bonds. The summed E-state index contributed by atoms with van der Waals surface area (Å²) in [7, 11) is 1.47. The second-order valence-corrected chi connectivity index (χ2v) is 12.8. The lowest BCUT2D eigenvalue weighted by molar-refractivity contribution is -0.141. The van der Waals surface area contributed by atoms with Crippen molar-refractivity contribution in [1.82, 2.24) is 9.13 Å². The molecule has 29 heavy (non-hydrogen) atoms. The summed E-state index contributed by atoms with van der Waals surface area (Å²) in [5.74, 6) is -1.73. The van der Waals surface area contributed by atoms with E-state index in [0.717, 1.165) is 10.7 Å². The highest BCUT2D eigenvalue weighted by atomic mass is 31.2. The summed E-state index contributed by atoms with van der Waals surface area (Å²) in [5.41, 5.74) is -1.16. The average Bonchev–Trinajstić information content (AvgIpc) is 2.90. The van der Waals surface area contributed by atoms with Crippen molar-refractivity contribution >= 4 is 19.2 Å². The highest BCUT2D eigenvalue weighted by Gasteiger charge is 2.44. The zero-order valence-corrected chi connectivity index (χ0v) is 18.2. The first-order valence-corrected chi connectivity index (χ1v) is 12.6. The van der Waals surface area contributed by atoms with E-state index in [1.165, 1.54) is 24.7 Å². The molecular weight excluding hydrogens is 399 g/mol. The zero-order valence-electron chi connectivity index (χ0n) is 17.3. The highest BCUT2D eigenvalue weighted by Crippen LogP contribution is 2.40. The molecule has 0 bridgehead atoms. The van der Waals surface area contributed by atoms with Gasteiger partial charge in [-0.15, -0.1) is 13.2 Å². The third-order valence-electron chi connectivity index (χ3n) is 5.25. The monoisotopic (exact) mass is 430 g/mol. The Morgan fingerprint density at radius 1 is 1.31 bits per heavy atom. The molecule has 164 valence electrons. The zero-order chi connectivity index (χ0) is 22.1. The first-order chi connectivity index (χ1) is 13.3. The lowest BCUT2D eigenvalue weighted by atomic mass is 10.0. The van der Waals surface area contributed by atoms with E-state index < -0.39 is 54.4 Å². The number of nitrogens with zero attached hydrogens (tertiary/aromatic N) is 2. The van der Waals surface area contributed by atoms with Gasteiger partial charge in [-0.3, -0.25) is 14.2 Å². The SMILES string of the molecule is C=P(C)(C)CC[C@H]1OC(c2cn(C)c(=O)n(CCC(C)C(=O)O)c2=O)[C@H](O)[C@@H]1O. The number of carboxylic acid groups (broad SMARTS) is 1. The van der Waals surface area contributed by atoms with Gasteiger partial charge in [0, 0.05) is 19.8 Å². The van der Waals surface area contributed by atoms with E-state index in [0.29, 0.717) is 6.42 Å². The second kappa shape index (κ2) is 9.00. The lowest BCUT2D eigenvalue weighted by Crippen LogP contribution is -2.42. The van der Waals surface area contributed by atoms with Gasteiger partial charge in [-0.2, -0.15) is 0 Å². The van der Waals surface area contributed by atoms with Crippen LogP contribution in [0.1, 0.15) is 31.4 Å². The number of rotatable bonds is 8. The summed E-state index contributed by atoms with van der Waals surface area (Å²) in [6.07, 6.45) is 2.66. The predicted octanol–water partition coefficient (Wildman–Crippen LogP) is -0.0812. The Morgan fingerprint density at radius 3 is 2.48 bits per heavy atom. The maximum atomic E-state index is 12.9. The van der Waals surface area contributed by atoms with Crippen molar-refractivity contribution in [2.45, 2.75) is 50.7 Å². The van der Waals surface area contributed by atoms with Crippen LogP contribution in [0.25, 0.3) is 0 Å². The summed E-state index contributed by atoms with van der Waals surface area (Å²) >= 11 is 0. The second-order valence-electron chi connectivity index (χ2n) is 8.49. The van der Waals surface area contributed by atoms with Gasteiger partial charge in [0.2, 0.25) is 0 Å². The number of aliphatic carboxylic acids is 1. The molecule has 0 aromatic carbocycles. The van der Waals surface area contributed by atoms with Crippen LogP contribution in [-0.4, -0.2) is 74.5 Å². The molecule has 0 spiro atoms. The number of aliphatic hydroxyl groups excluding tert-OH is 2. The predicted molar refractivity (Wildman–Crippen MR) is 112 cm³/mol. The van der Waals surface area contributed by atoms with Gasteiger partial charge in [-0.05, 0) is 32.3 Å². The third-order valence-corrected chi connectivity index (χ3v) is 6.72. The van der Waals surface area contributed by atoms with Crippen LogP contribution in [0.5, 0.6) is 0 Å². The number of ether oxygens (including phenoxy) is 1. The molecule has 2 heterocycles. The minimum Gasteiger partial charge on any atom is -0.481 e. The Labute approximate surface area is 169 Å². The topological polar surface area (TPSA) is 131 Å². The first kappa shape index (κ1) is 23.6. The molecule has 3 N–H and O–H groups in total. The van der Waals surface area contributed by atoms with Crippen LogP contribution in [-0.2, 0) is 23.1 Å². The third kappa shape index (κ3) is 5.48. The number of hydrogen-bond donors (Lipinski definition) is 3. The molecule has 9 nitrogen and oxygen atoms in total. The number of aryl methyl sites for hydroxylation is 1. The minimum absolute atomic E-state index is 0.0628. The maximum absolute atomic E-state index is 12.9. The molecule has 0 radical (unpaired) electrons. The van der Waals surface area contributed by atoms with E-state index >= 15 is 0 Å². The van der Waals surface area contributed by atoms with Crippen molar-refractivity contribution < 1.29 is 24.9 Å². The van der Waals surface area contributed by atoms with Crippen LogP contribution in [0.3, 0.4) is 0 Å². The highest BCUT2D eigenvalue weighted by molar-refractivity contribution is 7.72. The number of aliphatic hydroxyl groups is 2. The van der Waals surface area contributed by atoms with Crippen molar-refractivity contribution in [3.63, 3.8) is 0 Å². The standard InChI is InChI=1S/C19H31N2O7P/c1-11(18(25)26)6-8-21-17(24)12(10-20(2)19(21)27)16-15(23)14(22)13(28-16)7-9-29(3,4)5/h10-11,13-16,22-23H,3,6-9H2,1-2,4-5H3,(H,25,26)/t11?,13-,14-,15-,16?/m1/s1. The van der Waals surface area contributed by atoms with Gasteiger partial charge in [0.25, 0.3) is 5.56 Å². The van der Waals surface area contributed by atoms with Crippen LogP contribution >= 0.6 is 6.89 Å². The van der Waals surface area contributed by atoms with Crippen LogP contribution < -0.4 is 11.2 Å². The van der Waals surface area contributed by atoms with E-state index in [1.807, 2.05) is 0 Å². The molecule has 1 aromatic heterocycles. The molecule has 1 aliphatic rings. The smallest absolute Gasteiger partial charge is 0.330 e. The average molecular weight is 430 g/mol. The number of carboxylic acids is 1. The van der Waals surface area contributed by atoms with Crippen molar-refractivity contribution in [3.05, 3.63) is 32.6 Å². The van der Waals surface area contributed by atoms with Gasteiger partial charge in [-0.25, -0.2) is 4.79 Å². The Hall–Kier alpha value is -1.67. The van der Waals surface area contributed by atoms with E-state index in [4.69, 9.17) is 9.84 Å². The molecule has 2 unspecified atom stereocenters. The lowest BCUT2D eigenvalue weighted by Gasteiger charge is -2.19. The molecule has 5 atom stereocenters. The Bertz CT molecular complexity index is 916. The van der Waals surface area contributed by atoms with Gasteiger partial charge in [0.15, 0.2) is 0 Å². The van der Waals surface area contributed by atoms with Crippen molar-refractivity contribution in [2.24, 2.45) is 13.0 Å². The van der Waals surface area contributed by atoms with Crippen molar-refractivity contribution in [1.29, 1.82) is 0 Å². The molecule has 0 saturated carbocycles. The van der Waals surface area contributed by atoms with E-state index in [-0.39, 0.29) is 18.5 Å². The molecular formula is C19H31N2O7P.